The lowest BCUT2D eigenvalue weighted by atomic mass is 10.2. The Labute approximate surface area is 134 Å². The average Bonchev–Trinajstić information content (AvgIpc) is 2.72. The Balaban J connectivity index is 2.03. The summed E-state index contributed by atoms with van der Waals surface area (Å²) in [5.41, 5.74) is 0.627. The Morgan fingerprint density at radius 1 is 1.48 bits per heavy atom. The van der Waals surface area contributed by atoms with Crippen molar-refractivity contribution in [3.63, 3.8) is 0 Å². The maximum Gasteiger partial charge on any atom is 0.305 e. The molecule has 1 heterocycles. The van der Waals surface area contributed by atoms with Crippen LogP contribution in [0.5, 0.6) is 0 Å². The molecule has 2 N–H and O–H groups in total. The molecule has 1 aliphatic heterocycles. The van der Waals surface area contributed by atoms with E-state index in [0.29, 0.717) is 15.6 Å². The van der Waals surface area contributed by atoms with Gasteiger partial charge in [-0.1, -0.05) is 41.0 Å². The molecule has 110 valence electrons. The molecule has 1 atom stereocenters. The van der Waals surface area contributed by atoms with Crippen LogP contribution in [0.25, 0.3) is 0 Å². The third kappa shape index (κ3) is 4.45. The number of aliphatic carboxylic acids is 1. The van der Waals surface area contributed by atoms with Gasteiger partial charge in [0.2, 0.25) is 5.91 Å². The predicted octanol–water partition coefficient (Wildman–Crippen LogP) is 2.39. The molecule has 0 aliphatic carbocycles. The van der Waals surface area contributed by atoms with Gasteiger partial charge >= 0.3 is 5.97 Å². The van der Waals surface area contributed by atoms with Crippen molar-refractivity contribution in [3.8, 4) is 0 Å². The number of halogens is 2. The van der Waals surface area contributed by atoms with E-state index in [2.05, 4.69) is 15.5 Å². The first kappa shape index (κ1) is 15.8. The molecule has 1 saturated heterocycles. The van der Waals surface area contributed by atoms with Gasteiger partial charge in [0, 0.05) is 10.6 Å². The van der Waals surface area contributed by atoms with Gasteiger partial charge in [-0.3, -0.25) is 9.59 Å². The average molecular weight is 346 g/mol. The number of nitrogens with zero attached hydrogens (tertiary/aromatic N) is 2. The molecule has 1 unspecified atom stereocenters. The summed E-state index contributed by atoms with van der Waals surface area (Å²) < 4.78 is 0. The van der Waals surface area contributed by atoms with E-state index in [1.165, 1.54) is 6.21 Å². The molecule has 0 spiro atoms. The molecule has 1 aliphatic rings. The minimum atomic E-state index is -1.04. The lowest BCUT2D eigenvalue weighted by Crippen LogP contribution is -2.26. The number of carbonyl (C=O) groups excluding carboxylic acids is 1. The second-order valence-electron chi connectivity index (χ2n) is 4.01. The zero-order valence-corrected chi connectivity index (χ0v) is 12.7. The molecule has 1 aromatic carbocycles. The van der Waals surface area contributed by atoms with Gasteiger partial charge in [-0.05, 0) is 12.1 Å². The molecule has 1 fully saturated rings. The van der Waals surface area contributed by atoms with Gasteiger partial charge in [-0.15, -0.1) is 5.10 Å². The zero-order chi connectivity index (χ0) is 15.4. The zero-order valence-electron chi connectivity index (χ0n) is 10.4. The number of amidine groups is 1. The van der Waals surface area contributed by atoms with Crippen molar-refractivity contribution in [1.29, 1.82) is 0 Å². The van der Waals surface area contributed by atoms with Crippen LogP contribution in [0.15, 0.2) is 28.4 Å². The molecule has 0 radical (unpaired) electrons. The van der Waals surface area contributed by atoms with Crippen LogP contribution < -0.4 is 5.32 Å². The van der Waals surface area contributed by atoms with Crippen LogP contribution in [0.3, 0.4) is 0 Å². The number of hydrogen-bond acceptors (Lipinski definition) is 5. The number of carbonyl (C=O) groups is 2. The molecule has 6 nitrogen and oxygen atoms in total. The summed E-state index contributed by atoms with van der Waals surface area (Å²) in [7, 11) is 0. The van der Waals surface area contributed by atoms with Crippen molar-refractivity contribution in [2.75, 3.05) is 0 Å². The Bertz CT molecular complexity index is 649. The van der Waals surface area contributed by atoms with Crippen molar-refractivity contribution < 1.29 is 14.7 Å². The van der Waals surface area contributed by atoms with Gasteiger partial charge < -0.3 is 10.4 Å². The third-order valence-electron chi connectivity index (χ3n) is 2.44. The summed E-state index contributed by atoms with van der Waals surface area (Å²) in [6, 6.07) is 4.92. The third-order valence-corrected chi connectivity index (χ3v) is 4.08. The van der Waals surface area contributed by atoms with Crippen molar-refractivity contribution in [3.05, 3.63) is 33.8 Å². The molecule has 2 rings (SSSR count). The highest BCUT2D eigenvalue weighted by molar-refractivity contribution is 8.15. The molecule has 0 bridgehead atoms. The topological polar surface area (TPSA) is 91.1 Å². The SMILES string of the molecule is O=C(O)CC1S/C(=N/N=Cc2ccc(Cl)cc2Cl)NC1=O. The number of amides is 1. The summed E-state index contributed by atoms with van der Waals surface area (Å²) in [5, 5.41) is 19.3. The Hall–Kier alpha value is -1.57. The van der Waals surface area contributed by atoms with Crippen LogP contribution in [0, 0.1) is 0 Å². The van der Waals surface area contributed by atoms with E-state index in [0.717, 1.165) is 11.8 Å². The van der Waals surface area contributed by atoms with E-state index < -0.39 is 11.2 Å². The fraction of sp³-hybridized carbons (Fsp3) is 0.167. The van der Waals surface area contributed by atoms with Gasteiger partial charge in [0.05, 0.1) is 17.7 Å². The number of hydrogen-bond donors (Lipinski definition) is 2. The number of nitrogens with one attached hydrogen (secondary N) is 1. The first-order valence-electron chi connectivity index (χ1n) is 5.71. The second-order valence-corrected chi connectivity index (χ2v) is 6.04. The number of carboxylic acids is 1. The fourth-order valence-electron chi connectivity index (χ4n) is 1.49. The van der Waals surface area contributed by atoms with Crippen LogP contribution in [0.4, 0.5) is 0 Å². The normalized spacial score (nSPS) is 20.2. The molecule has 1 amide bonds. The summed E-state index contributed by atoms with van der Waals surface area (Å²) in [4.78, 5) is 22.1. The van der Waals surface area contributed by atoms with Gasteiger partial charge in [-0.25, -0.2) is 0 Å². The first-order chi connectivity index (χ1) is 9.95. The number of rotatable bonds is 4. The van der Waals surface area contributed by atoms with Crippen LogP contribution in [0.2, 0.25) is 10.0 Å². The lowest BCUT2D eigenvalue weighted by Gasteiger charge is -1.98. The Kier molecular flexibility index (Phi) is 5.22. The highest BCUT2D eigenvalue weighted by Crippen LogP contribution is 2.22. The highest BCUT2D eigenvalue weighted by atomic mass is 35.5. The second kappa shape index (κ2) is 6.93. The molecule has 0 aromatic heterocycles. The van der Waals surface area contributed by atoms with E-state index >= 15 is 0 Å². The van der Waals surface area contributed by atoms with Crippen LogP contribution in [-0.2, 0) is 9.59 Å². The van der Waals surface area contributed by atoms with Gasteiger partial charge in [0.15, 0.2) is 5.17 Å². The molecule has 21 heavy (non-hydrogen) atoms. The van der Waals surface area contributed by atoms with Crippen LogP contribution in [0.1, 0.15) is 12.0 Å². The molecule has 9 heteroatoms. The van der Waals surface area contributed by atoms with E-state index in [9.17, 15) is 9.59 Å². The summed E-state index contributed by atoms with van der Waals surface area (Å²) >= 11 is 12.8. The number of carboxylic acid groups (broad SMARTS) is 1. The molecule has 1 aromatic rings. The maximum atomic E-state index is 11.5. The van der Waals surface area contributed by atoms with Crippen molar-refractivity contribution in [2.45, 2.75) is 11.7 Å². The van der Waals surface area contributed by atoms with Crippen molar-refractivity contribution in [2.24, 2.45) is 10.2 Å². The number of thioether (sulfide) groups is 1. The standard InChI is InChI=1S/C12H9Cl2N3O3S/c13-7-2-1-6(8(14)3-7)5-15-17-12-16-11(20)9(21-12)4-10(18)19/h1-3,5,9H,4H2,(H,18,19)(H,16,17,20). The lowest BCUT2D eigenvalue weighted by molar-refractivity contribution is -0.138. The quantitative estimate of drug-likeness (QED) is 0.647. The van der Waals surface area contributed by atoms with Gasteiger partial charge in [-0.2, -0.15) is 5.10 Å². The Morgan fingerprint density at radius 2 is 2.24 bits per heavy atom. The van der Waals surface area contributed by atoms with E-state index in [-0.39, 0.29) is 17.5 Å². The van der Waals surface area contributed by atoms with E-state index in [4.69, 9.17) is 28.3 Å². The smallest absolute Gasteiger partial charge is 0.305 e. The minimum absolute atomic E-state index is 0.257. The number of benzene rings is 1. The van der Waals surface area contributed by atoms with Gasteiger partial charge in [0.1, 0.15) is 5.25 Å². The monoisotopic (exact) mass is 345 g/mol. The van der Waals surface area contributed by atoms with Crippen LogP contribution in [-0.4, -0.2) is 33.6 Å². The first-order valence-corrected chi connectivity index (χ1v) is 7.34. The summed E-state index contributed by atoms with van der Waals surface area (Å²) in [5.74, 6) is -1.43. The van der Waals surface area contributed by atoms with E-state index in [1.54, 1.807) is 18.2 Å². The predicted molar refractivity (Wildman–Crippen MR) is 83.3 cm³/mol. The molecular formula is C12H9Cl2N3O3S. The Morgan fingerprint density at radius 3 is 2.90 bits per heavy atom. The molecular weight excluding hydrogens is 337 g/mol. The van der Waals surface area contributed by atoms with E-state index in [1.807, 2.05) is 0 Å². The highest BCUT2D eigenvalue weighted by Gasteiger charge is 2.32. The summed E-state index contributed by atoms with van der Waals surface area (Å²) in [6.07, 6.45) is 1.16. The molecule has 0 saturated carbocycles. The maximum absolute atomic E-state index is 11.5. The minimum Gasteiger partial charge on any atom is -0.481 e. The fourth-order valence-corrected chi connectivity index (χ4v) is 2.87. The van der Waals surface area contributed by atoms with Gasteiger partial charge in [0.25, 0.3) is 0 Å². The van der Waals surface area contributed by atoms with Crippen molar-refractivity contribution >= 4 is 58.2 Å². The van der Waals surface area contributed by atoms with Crippen molar-refractivity contribution in [1.82, 2.24) is 5.32 Å². The largest absolute Gasteiger partial charge is 0.481 e. The summed E-state index contributed by atoms with van der Waals surface area (Å²) in [6.45, 7) is 0. The van der Waals surface area contributed by atoms with Crippen LogP contribution >= 0.6 is 35.0 Å².